The van der Waals surface area contributed by atoms with E-state index in [1.54, 1.807) is 0 Å². The van der Waals surface area contributed by atoms with E-state index < -0.39 is 0 Å². The Labute approximate surface area is 160 Å². The number of aromatic nitrogens is 3. The number of hydrogen-bond donors (Lipinski definition) is 1. The Balaban J connectivity index is 0.00000196. The fraction of sp³-hybridized carbons (Fsp3) is 0.632. The highest BCUT2D eigenvalue weighted by atomic mass is 35.5. The van der Waals surface area contributed by atoms with Crippen LogP contribution in [0.25, 0.3) is 5.65 Å². The molecule has 0 aromatic carbocycles. The third-order valence-electron chi connectivity index (χ3n) is 6.14. The molecule has 0 radical (unpaired) electrons. The van der Waals surface area contributed by atoms with Crippen LogP contribution < -0.4 is 5.73 Å². The molecule has 7 heteroatoms. The van der Waals surface area contributed by atoms with Crippen molar-refractivity contribution in [3.8, 4) is 0 Å². The number of likely N-dealkylation sites (tertiary alicyclic amines) is 1. The van der Waals surface area contributed by atoms with Crippen molar-refractivity contribution in [2.24, 2.45) is 17.6 Å². The molecule has 1 saturated carbocycles. The van der Waals surface area contributed by atoms with Gasteiger partial charge in [0.15, 0.2) is 5.65 Å². The predicted molar refractivity (Wildman–Crippen MR) is 104 cm³/mol. The van der Waals surface area contributed by atoms with Crippen molar-refractivity contribution in [1.29, 1.82) is 0 Å². The van der Waals surface area contributed by atoms with Crippen LogP contribution in [-0.2, 0) is 11.2 Å². The molecule has 2 aromatic rings. The van der Waals surface area contributed by atoms with Gasteiger partial charge in [0.25, 0.3) is 0 Å². The number of amides is 1. The Morgan fingerprint density at radius 2 is 2.04 bits per heavy atom. The van der Waals surface area contributed by atoms with Gasteiger partial charge in [-0.2, -0.15) is 5.10 Å². The summed E-state index contributed by atoms with van der Waals surface area (Å²) in [5.74, 6) is 1.38. The molecule has 2 aliphatic rings. The third-order valence-corrected chi connectivity index (χ3v) is 6.14. The van der Waals surface area contributed by atoms with Crippen LogP contribution in [0, 0.1) is 32.6 Å². The maximum atomic E-state index is 12.7. The zero-order chi connectivity index (χ0) is 17.7. The Kier molecular flexibility index (Phi) is 5.26. The van der Waals surface area contributed by atoms with E-state index >= 15 is 0 Å². The first-order chi connectivity index (χ1) is 11.9. The minimum Gasteiger partial charge on any atom is -0.342 e. The second-order valence-corrected chi connectivity index (χ2v) is 7.78. The molecule has 0 spiro atoms. The maximum Gasteiger partial charge on any atom is 0.222 e. The van der Waals surface area contributed by atoms with Crippen molar-refractivity contribution in [2.75, 3.05) is 13.1 Å². The lowest BCUT2D eigenvalue weighted by molar-refractivity contribution is -0.130. The summed E-state index contributed by atoms with van der Waals surface area (Å²) < 4.78 is 1.89. The monoisotopic (exact) mass is 377 g/mol. The molecular weight excluding hydrogens is 350 g/mol. The van der Waals surface area contributed by atoms with Crippen LogP contribution in [0.15, 0.2) is 6.07 Å². The van der Waals surface area contributed by atoms with Gasteiger partial charge in [0, 0.05) is 43.0 Å². The van der Waals surface area contributed by atoms with Gasteiger partial charge in [-0.1, -0.05) is 0 Å². The third kappa shape index (κ3) is 3.21. The first-order valence-corrected chi connectivity index (χ1v) is 9.30. The molecule has 0 bridgehead atoms. The molecule has 3 heterocycles. The average Bonchev–Trinajstić information content (AvgIpc) is 3.23. The van der Waals surface area contributed by atoms with Gasteiger partial charge in [-0.3, -0.25) is 4.79 Å². The highest BCUT2D eigenvalue weighted by Crippen LogP contribution is 2.37. The molecule has 3 unspecified atom stereocenters. The van der Waals surface area contributed by atoms with Gasteiger partial charge in [0.1, 0.15) is 0 Å². The fourth-order valence-corrected chi connectivity index (χ4v) is 4.70. The number of carbonyl (C=O) groups is 1. The topological polar surface area (TPSA) is 76.5 Å². The maximum absolute atomic E-state index is 12.7. The molecule has 1 aliphatic carbocycles. The van der Waals surface area contributed by atoms with Crippen LogP contribution in [-0.4, -0.2) is 44.5 Å². The van der Waals surface area contributed by atoms with Crippen LogP contribution in [0.1, 0.15) is 41.9 Å². The molecule has 1 saturated heterocycles. The van der Waals surface area contributed by atoms with Crippen molar-refractivity contribution in [3.63, 3.8) is 0 Å². The summed E-state index contributed by atoms with van der Waals surface area (Å²) in [5.41, 5.74) is 11.2. The van der Waals surface area contributed by atoms with E-state index in [4.69, 9.17) is 5.73 Å². The highest BCUT2D eigenvalue weighted by molar-refractivity contribution is 5.85. The van der Waals surface area contributed by atoms with E-state index in [1.165, 1.54) is 6.42 Å². The zero-order valence-electron chi connectivity index (χ0n) is 15.7. The SMILES string of the molecule is Cc1cc2nc(C)c(CCC(=O)N3CC4CCC(N)C4C3)c(C)n2n1.Cl. The summed E-state index contributed by atoms with van der Waals surface area (Å²) in [6.07, 6.45) is 3.54. The van der Waals surface area contributed by atoms with Gasteiger partial charge in [-0.25, -0.2) is 9.50 Å². The van der Waals surface area contributed by atoms with Gasteiger partial charge in [0.2, 0.25) is 5.91 Å². The number of fused-ring (bicyclic) bond motifs is 2. The number of hydrogen-bond acceptors (Lipinski definition) is 4. The summed E-state index contributed by atoms with van der Waals surface area (Å²) >= 11 is 0. The van der Waals surface area contributed by atoms with Crippen molar-refractivity contribution >= 4 is 24.0 Å². The standard InChI is InChI=1S/C19H27N5O.ClH/c1-11-8-18-21-12(2)15(13(3)24(18)22-11)5-7-19(25)23-9-14-4-6-17(20)16(14)10-23;/h8,14,16-17H,4-7,9-10,20H2,1-3H3;1H. The lowest BCUT2D eigenvalue weighted by Crippen LogP contribution is -2.33. The van der Waals surface area contributed by atoms with Crippen molar-refractivity contribution in [3.05, 3.63) is 28.7 Å². The van der Waals surface area contributed by atoms with Crippen LogP contribution in [0.3, 0.4) is 0 Å². The molecule has 6 nitrogen and oxygen atoms in total. The van der Waals surface area contributed by atoms with E-state index in [2.05, 4.69) is 17.0 Å². The van der Waals surface area contributed by atoms with Crippen molar-refractivity contribution < 1.29 is 4.79 Å². The first-order valence-electron chi connectivity index (χ1n) is 9.30. The van der Waals surface area contributed by atoms with Crippen molar-refractivity contribution in [2.45, 2.75) is 52.5 Å². The second kappa shape index (κ2) is 7.16. The average molecular weight is 378 g/mol. The summed E-state index contributed by atoms with van der Waals surface area (Å²) in [5, 5.41) is 4.51. The molecule has 2 fully saturated rings. The normalized spacial score (nSPS) is 24.8. The molecule has 4 rings (SSSR count). The fourth-order valence-electron chi connectivity index (χ4n) is 4.70. The number of carbonyl (C=O) groups excluding carboxylic acids is 1. The Hall–Kier alpha value is -1.66. The zero-order valence-corrected chi connectivity index (χ0v) is 16.6. The second-order valence-electron chi connectivity index (χ2n) is 7.78. The van der Waals surface area contributed by atoms with Crippen LogP contribution in [0.2, 0.25) is 0 Å². The van der Waals surface area contributed by atoms with E-state index in [1.807, 2.05) is 29.3 Å². The lowest BCUT2D eigenvalue weighted by Gasteiger charge is -2.19. The first kappa shape index (κ1) is 19.1. The largest absolute Gasteiger partial charge is 0.342 e. The summed E-state index contributed by atoms with van der Waals surface area (Å²) in [6.45, 7) is 7.80. The molecule has 3 atom stereocenters. The minimum absolute atomic E-state index is 0. The van der Waals surface area contributed by atoms with Gasteiger partial charge < -0.3 is 10.6 Å². The van der Waals surface area contributed by atoms with E-state index in [0.717, 1.165) is 54.2 Å². The molecule has 2 aromatic heterocycles. The summed E-state index contributed by atoms with van der Waals surface area (Å²) in [6, 6.07) is 2.27. The predicted octanol–water partition coefficient (Wildman–Crippen LogP) is 2.20. The van der Waals surface area contributed by atoms with Crippen LogP contribution in [0.5, 0.6) is 0 Å². The van der Waals surface area contributed by atoms with Crippen molar-refractivity contribution in [1.82, 2.24) is 19.5 Å². The minimum atomic E-state index is 0. The number of halogens is 1. The quantitative estimate of drug-likeness (QED) is 0.889. The van der Waals surface area contributed by atoms with Crippen LogP contribution in [0.4, 0.5) is 0 Å². The van der Waals surface area contributed by atoms with Crippen LogP contribution >= 0.6 is 12.4 Å². The number of nitrogens with zero attached hydrogens (tertiary/aromatic N) is 4. The molecule has 26 heavy (non-hydrogen) atoms. The molecule has 2 N–H and O–H groups in total. The summed E-state index contributed by atoms with van der Waals surface area (Å²) in [4.78, 5) is 19.4. The van der Waals surface area contributed by atoms with Gasteiger partial charge in [-0.05, 0) is 57.4 Å². The van der Waals surface area contributed by atoms with Gasteiger partial charge in [-0.15, -0.1) is 12.4 Å². The van der Waals surface area contributed by atoms with E-state index in [0.29, 0.717) is 18.3 Å². The number of aryl methyl sites for hydroxylation is 3. The highest BCUT2D eigenvalue weighted by Gasteiger charge is 2.42. The molecule has 142 valence electrons. The van der Waals surface area contributed by atoms with E-state index in [9.17, 15) is 4.79 Å². The molecule has 1 amide bonds. The Morgan fingerprint density at radius 3 is 2.77 bits per heavy atom. The lowest BCUT2D eigenvalue weighted by atomic mass is 9.98. The smallest absolute Gasteiger partial charge is 0.222 e. The van der Waals surface area contributed by atoms with E-state index in [-0.39, 0.29) is 24.4 Å². The number of rotatable bonds is 3. The number of nitrogens with two attached hydrogens (primary N) is 1. The molecular formula is C19H28ClN5O. The molecule has 1 aliphatic heterocycles. The van der Waals surface area contributed by atoms with Gasteiger partial charge >= 0.3 is 0 Å². The Bertz CT molecular complexity index is 833. The van der Waals surface area contributed by atoms with Gasteiger partial charge in [0.05, 0.1) is 5.69 Å². The summed E-state index contributed by atoms with van der Waals surface area (Å²) in [7, 11) is 0. The Morgan fingerprint density at radius 1 is 1.27 bits per heavy atom.